The molecule has 13 heavy (non-hydrogen) atoms. The monoisotopic (exact) mass is 368 g/mol. The number of hydrogen-bond acceptors (Lipinski definition) is 1. The van der Waals surface area contributed by atoms with Crippen molar-refractivity contribution in [2.45, 2.75) is 5.33 Å². The third-order valence-electron chi connectivity index (χ3n) is 1.63. The molecule has 0 aliphatic heterocycles. The zero-order valence-corrected chi connectivity index (χ0v) is 11.5. The Morgan fingerprint density at radius 3 is 2.77 bits per heavy atom. The van der Waals surface area contributed by atoms with E-state index in [2.05, 4.69) is 36.8 Å². The SMILES string of the molecule is Br.BrCc1cn2c(Br)cccc2n1. The topological polar surface area (TPSA) is 17.3 Å². The van der Waals surface area contributed by atoms with E-state index in [0.717, 1.165) is 21.3 Å². The van der Waals surface area contributed by atoms with Gasteiger partial charge in [-0.2, -0.15) is 0 Å². The van der Waals surface area contributed by atoms with E-state index in [1.807, 2.05) is 28.8 Å². The molecular formula is C8H7Br3N2. The summed E-state index contributed by atoms with van der Waals surface area (Å²) in [6, 6.07) is 5.95. The Morgan fingerprint density at radius 1 is 1.38 bits per heavy atom. The minimum Gasteiger partial charge on any atom is -0.294 e. The third-order valence-corrected chi connectivity index (χ3v) is 2.85. The highest BCUT2D eigenvalue weighted by molar-refractivity contribution is 9.10. The van der Waals surface area contributed by atoms with Gasteiger partial charge in [-0.05, 0) is 28.1 Å². The molecule has 2 rings (SSSR count). The molecule has 70 valence electrons. The van der Waals surface area contributed by atoms with Crippen molar-refractivity contribution in [3.8, 4) is 0 Å². The summed E-state index contributed by atoms with van der Waals surface area (Å²) >= 11 is 6.82. The summed E-state index contributed by atoms with van der Waals surface area (Å²) in [6.07, 6.45) is 2.01. The molecule has 0 bridgehead atoms. The molecule has 0 unspecified atom stereocenters. The molecule has 5 heteroatoms. The van der Waals surface area contributed by atoms with E-state index >= 15 is 0 Å². The molecule has 0 spiro atoms. The van der Waals surface area contributed by atoms with Crippen LogP contribution in [0.3, 0.4) is 0 Å². The molecule has 0 aliphatic rings. The average Bonchev–Trinajstić information content (AvgIpc) is 2.49. The standard InChI is InChI=1S/C8H6Br2N2.BrH/c9-4-6-5-12-7(10)2-1-3-8(12)11-6;/h1-3,5H,4H2;1H. The van der Waals surface area contributed by atoms with Gasteiger partial charge in [0.05, 0.1) is 10.3 Å². The van der Waals surface area contributed by atoms with Gasteiger partial charge < -0.3 is 0 Å². The fourth-order valence-electron chi connectivity index (χ4n) is 1.09. The number of nitrogens with zero attached hydrogens (tertiary/aromatic N) is 2. The Labute approximate surface area is 103 Å². The zero-order chi connectivity index (χ0) is 8.55. The number of hydrogen-bond donors (Lipinski definition) is 0. The summed E-state index contributed by atoms with van der Waals surface area (Å²) in [7, 11) is 0. The van der Waals surface area contributed by atoms with Gasteiger partial charge in [0.2, 0.25) is 0 Å². The third kappa shape index (κ3) is 2.14. The van der Waals surface area contributed by atoms with E-state index in [1.54, 1.807) is 0 Å². The highest BCUT2D eigenvalue weighted by Gasteiger charge is 2.00. The van der Waals surface area contributed by atoms with Crippen molar-refractivity contribution in [3.05, 3.63) is 34.7 Å². The van der Waals surface area contributed by atoms with Crippen molar-refractivity contribution >= 4 is 54.5 Å². The number of halogens is 3. The van der Waals surface area contributed by atoms with Crippen LogP contribution in [0.5, 0.6) is 0 Å². The fourth-order valence-corrected chi connectivity index (χ4v) is 1.80. The second-order valence-corrected chi connectivity index (χ2v) is 3.82. The van der Waals surface area contributed by atoms with Crippen molar-refractivity contribution < 1.29 is 0 Å². The molecule has 0 saturated carbocycles. The van der Waals surface area contributed by atoms with Crippen LogP contribution in [0.25, 0.3) is 5.65 Å². The van der Waals surface area contributed by atoms with E-state index in [-0.39, 0.29) is 17.0 Å². The fraction of sp³-hybridized carbons (Fsp3) is 0.125. The molecule has 0 amide bonds. The van der Waals surface area contributed by atoms with E-state index in [4.69, 9.17) is 0 Å². The quantitative estimate of drug-likeness (QED) is 0.554. The molecule has 2 nitrogen and oxygen atoms in total. The Morgan fingerprint density at radius 2 is 2.15 bits per heavy atom. The molecule has 0 saturated heterocycles. The van der Waals surface area contributed by atoms with Crippen molar-refractivity contribution in [1.82, 2.24) is 9.38 Å². The molecular weight excluding hydrogens is 364 g/mol. The van der Waals surface area contributed by atoms with Crippen LogP contribution in [-0.4, -0.2) is 9.38 Å². The maximum atomic E-state index is 4.38. The molecule has 0 aliphatic carbocycles. The van der Waals surface area contributed by atoms with E-state index < -0.39 is 0 Å². The number of alkyl halides is 1. The first-order valence-corrected chi connectivity index (χ1v) is 5.41. The average molecular weight is 371 g/mol. The predicted molar refractivity (Wildman–Crippen MR) is 65.8 cm³/mol. The second kappa shape index (κ2) is 4.57. The highest BCUT2D eigenvalue weighted by atomic mass is 79.9. The number of rotatable bonds is 1. The zero-order valence-electron chi connectivity index (χ0n) is 6.58. The number of fused-ring (bicyclic) bond motifs is 1. The van der Waals surface area contributed by atoms with Crippen molar-refractivity contribution in [2.24, 2.45) is 0 Å². The van der Waals surface area contributed by atoms with Crippen LogP contribution in [0.1, 0.15) is 5.69 Å². The van der Waals surface area contributed by atoms with Crippen LogP contribution in [0, 0.1) is 0 Å². The summed E-state index contributed by atoms with van der Waals surface area (Å²) in [6.45, 7) is 0. The second-order valence-electron chi connectivity index (χ2n) is 2.44. The van der Waals surface area contributed by atoms with E-state index in [1.165, 1.54) is 0 Å². The van der Waals surface area contributed by atoms with Gasteiger partial charge in [-0.15, -0.1) is 17.0 Å². The van der Waals surface area contributed by atoms with E-state index in [9.17, 15) is 0 Å². The van der Waals surface area contributed by atoms with Crippen LogP contribution in [0.15, 0.2) is 29.0 Å². The van der Waals surface area contributed by atoms with Crippen LogP contribution in [0.2, 0.25) is 0 Å². The molecule has 0 radical (unpaired) electrons. The van der Waals surface area contributed by atoms with Gasteiger partial charge in [0.25, 0.3) is 0 Å². The summed E-state index contributed by atoms with van der Waals surface area (Å²) in [4.78, 5) is 4.38. The van der Waals surface area contributed by atoms with Crippen molar-refractivity contribution in [1.29, 1.82) is 0 Å². The molecule has 0 fully saturated rings. The lowest BCUT2D eigenvalue weighted by molar-refractivity contribution is 1.14. The van der Waals surface area contributed by atoms with Gasteiger partial charge in [-0.25, -0.2) is 4.98 Å². The molecule has 2 heterocycles. The van der Waals surface area contributed by atoms with Gasteiger partial charge in [-0.3, -0.25) is 4.40 Å². The molecule has 0 atom stereocenters. The molecule has 0 aromatic carbocycles. The van der Waals surface area contributed by atoms with Gasteiger partial charge >= 0.3 is 0 Å². The Bertz CT molecular complexity index is 411. The lowest BCUT2D eigenvalue weighted by atomic mass is 10.5. The lowest BCUT2D eigenvalue weighted by Gasteiger charge is -1.93. The normalized spacial score (nSPS) is 10.0. The minimum absolute atomic E-state index is 0. The summed E-state index contributed by atoms with van der Waals surface area (Å²) < 4.78 is 3.04. The first kappa shape index (κ1) is 11.2. The lowest BCUT2D eigenvalue weighted by Crippen LogP contribution is -1.82. The summed E-state index contributed by atoms with van der Waals surface area (Å²) in [5.74, 6) is 0. The highest BCUT2D eigenvalue weighted by Crippen LogP contribution is 2.15. The molecule has 0 N–H and O–H groups in total. The maximum absolute atomic E-state index is 4.38. The largest absolute Gasteiger partial charge is 0.294 e. The maximum Gasteiger partial charge on any atom is 0.137 e. The van der Waals surface area contributed by atoms with Crippen LogP contribution in [0.4, 0.5) is 0 Å². The molecule has 2 aromatic rings. The Hall–Kier alpha value is 0.130. The number of pyridine rings is 1. The van der Waals surface area contributed by atoms with Crippen molar-refractivity contribution in [3.63, 3.8) is 0 Å². The minimum atomic E-state index is 0. The summed E-state index contributed by atoms with van der Waals surface area (Å²) in [5.41, 5.74) is 2.01. The first-order valence-electron chi connectivity index (χ1n) is 3.50. The van der Waals surface area contributed by atoms with Gasteiger partial charge in [0, 0.05) is 11.5 Å². The Kier molecular flexibility index (Phi) is 3.94. The van der Waals surface area contributed by atoms with Crippen LogP contribution < -0.4 is 0 Å². The predicted octanol–water partition coefficient (Wildman–Crippen LogP) is 3.57. The van der Waals surface area contributed by atoms with Gasteiger partial charge in [-0.1, -0.05) is 22.0 Å². The number of aromatic nitrogens is 2. The van der Waals surface area contributed by atoms with E-state index in [0.29, 0.717) is 0 Å². The first-order chi connectivity index (χ1) is 5.81. The smallest absolute Gasteiger partial charge is 0.137 e. The van der Waals surface area contributed by atoms with Gasteiger partial charge in [0.1, 0.15) is 5.65 Å². The van der Waals surface area contributed by atoms with Crippen LogP contribution >= 0.6 is 48.8 Å². The van der Waals surface area contributed by atoms with Gasteiger partial charge in [0.15, 0.2) is 0 Å². The number of imidazole rings is 1. The summed E-state index contributed by atoms with van der Waals surface area (Å²) in [5, 5.41) is 0.793. The molecule has 2 aromatic heterocycles. The van der Waals surface area contributed by atoms with Crippen molar-refractivity contribution in [2.75, 3.05) is 0 Å². The Balaban J connectivity index is 0.000000845. The van der Waals surface area contributed by atoms with Crippen LogP contribution in [-0.2, 0) is 5.33 Å².